The molecule has 0 rings (SSSR count). The van der Waals surface area contributed by atoms with E-state index < -0.39 is 18.1 Å². The van der Waals surface area contributed by atoms with Gasteiger partial charge in [-0.2, -0.15) is 0 Å². The molecule has 8 nitrogen and oxygen atoms in total. The molecule has 1 N–H and O–H groups in total. The van der Waals surface area contributed by atoms with Gasteiger partial charge in [0, 0.05) is 19.3 Å². The molecule has 2 unspecified atom stereocenters. The van der Waals surface area contributed by atoms with Crippen molar-refractivity contribution in [1.29, 1.82) is 0 Å². The van der Waals surface area contributed by atoms with Crippen LogP contribution in [0.25, 0.3) is 0 Å². The SMILES string of the molecule is CCCCC/C=C/C/C=C/C/C=C/C/C=C/CCCCCCCC(=O)OC(COCCC(C(=O)O)[N+](C)(C)C)COC(=O)CCCCCCCCCCCCCCCCCCCC. The maximum absolute atomic E-state index is 12.8. The monoisotopic (exact) mass is 887 g/mol. The first-order valence-corrected chi connectivity index (χ1v) is 26.2. The number of unbranched alkanes of at least 4 members (excludes halogenated alkanes) is 25. The Morgan fingerprint density at radius 3 is 1.27 bits per heavy atom. The van der Waals surface area contributed by atoms with Gasteiger partial charge in [-0.1, -0.05) is 204 Å². The van der Waals surface area contributed by atoms with Gasteiger partial charge in [0.25, 0.3) is 0 Å². The van der Waals surface area contributed by atoms with E-state index in [1.54, 1.807) is 0 Å². The average Bonchev–Trinajstić information content (AvgIpc) is 3.24. The van der Waals surface area contributed by atoms with Crippen LogP contribution in [0.15, 0.2) is 48.6 Å². The number of quaternary nitrogens is 1. The minimum absolute atomic E-state index is 0.0547. The molecule has 0 aliphatic heterocycles. The fraction of sp³-hybridized carbons (Fsp3) is 0.800. The van der Waals surface area contributed by atoms with Crippen molar-refractivity contribution in [2.45, 2.75) is 244 Å². The van der Waals surface area contributed by atoms with E-state index in [2.05, 4.69) is 62.5 Å². The Morgan fingerprint density at radius 1 is 0.476 bits per heavy atom. The molecule has 0 amide bonds. The largest absolute Gasteiger partial charge is 0.477 e. The summed E-state index contributed by atoms with van der Waals surface area (Å²) in [6.07, 6.45) is 55.8. The fourth-order valence-electron chi connectivity index (χ4n) is 7.66. The van der Waals surface area contributed by atoms with E-state index in [4.69, 9.17) is 14.2 Å². The van der Waals surface area contributed by atoms with E-state index in [0.29, 0.717) is 19.3 Å². The number of carbonyl (C=O) groups is 3. The molecule has 0 aromatic heterocycles. The Bertz CT molecular complexity index is 1170. The molecular weight excluding hydrogens is 787 g/mol. The molecule has 8 heteroatoms. The Hall–Kier alpha value is -2.71. The van der Waals surface area contributed by atoms with Crippen molar-refractivity contribution in [1.82, 2.24) is 0 Å². The molecule has 0 aliphatic rings. The molecule has 0 heterocycles. The Labute approximate surface area is 388 Å². The maximum atomic E-state index is 12.8. The summed E-state index contributed by atoms with van der Waals surface area (Å²) in [5.41, 5.74) is 0. The number of hydrogen-bond donors (Lipinski definition) is 1. The summed E-state index contributed by atoms with van der Waals surface area (Å²) in [6, 6.07) is -0.619. The summed E-state index contributed by atoms with van der Waals surface area (Å²) >= 11 is 0. The molecule has 0 radical (unpaired) electrons. The first-order chi connectivity index (χ1) is 30.6. The molecule has 0 saturated carbocycles. The van der Waals surface area contributed by atoms with Crippen LogP contribution in [0.4, 0.5) is 0 Å². The van der Waals surface area contributed by atoms with Crippen LogP contribution in [0.5, 0.6) is 0 Å². The summed E-state index contributed by atoms with van der Waals surface area (Å²) in [7, 11) is 5.53. The van der Waals surface area contributed by atoms with Gasteiger partial charge >= 0.3 is 17.9 Å². The molecule has 63 heavy (non-hydrogen) atoms. The highest BCUT2D eigenvalue weighted by atomic mass is 16.6. The lowest BCUT2D eigenvalue weighted by Crippen LogP contribution is -2.50. The van der Waals surface area contributed by atoms with Gasteiger partial charge in [-0.05, 0) is 57.8 Å². The van der Waals surface area contributed by atoms with Crippen molar-refractivity contribution in [2.24, 2.45) is 0 Å². The summed E-state index contributed by atoms with van der Waals surface area (Å²) in [5, 5.41) is 9.66. The van der Waals surface area contributed by atoms with Crippen LogP contribution in [0, 0.1) is 0 Å². The lowest BCUT2D eigenvalue weighted by Gasteiger charge is -2.31. The first-order valence-electron chi connectivity index (χ1n) is 26.2. The van der Waals surface area contributed by atoms with Crippen molar-refractivity contribution in [3.63, 3.8) is 0 Å². The van der Waals surface area contributed by atoms with Crippen molar-refractivity contribution >= 4 is 17.9 Å². The minimum Gasteiger partial charge on any atom is -0.477 e. The number of allylic oxidation sites excluding steroid dienone is 8. The third kappa shape index (κ3) is 44.3. The lowest BCUT2D eigenvalue weighted by molar-refractivity contribution is -0.887. The lowest BCUT2D eigenvalue weighted by atomic mass is 10.0. The van der Waals surface area contributed by atoms with E-state index in [1.807, 2.05) is 21.1 Å². The zero-order chi connectivity index (χ0) is 46.3. The van der Waals surface area contributed by atoms with E-state index in [-0.39, 0.29) is 36.2 Å². The van der Waals surface area contributed by atoms with Crippen molar-refractivity contribution in [3.8, 4) is 0 Å². The number of ether oxygens (including phenoxy) is 3. The molecule has 0 saturated heterocycles. The zero-order valence-corrected chi connectivity index (χ0v) is 41.8. The first kappa shape index (κ1) is 60.3. The number of carbonyl (C=O) groups excluding carboxylic acids is 2. The van der Waals surface area contributed by atoms with Crippen LogP contribution < -0.4 is 0 Å². The van der Waals surface area contributed by atoms with Crippen LogP contribution in [0.3, 0.4) is 0 Å². The second-order valence-corrected chi connectivity index (χ2v) is 18.8. The van der Waals surface area contributed by atoms with Crippen LogP contribution in [0.1, 0.15) is 232 Å². The molecule has 0 bridgehead atoms. The average molecular weight is 887 g/mol. The van der Waals surface area contributed by atoms with Gasteiger partial charge in [-0.15, -0.1) is 0 Å². The second kappa shape index (κ2) is 45.8. The molecule has 0 aliphatic carbocycles. The van der Waals surface area contributed by atoms with Gasteiger partial charge in [-0.3, -0.25) is 9.59 Å². The Kier molecular flexibility index (Phi) is 43.9. The van der Waals surface area contributed by atoms with Crippen LogP contribution in [-0.2, 0) is 28.6 Å². The Morgan fingerprint density at radius 2 is 0.841 bits per heavy atom. The van der Waals surface area contributed by atoms with E-state index in [1.165, 1.54) is 122 Å². The third-order valence-electron chi connectivity index (χ3n) is 11.7. The van der Waals surface area contributed by atoms with E-state index >= 15 is 0 Å². The fourth-order valence-corrected chi connectivity index (χ4v) is 7.66. The van der Waals surface area contributed by atoms with Crippen LogP contribution in [-0.4, -0.2) is 80.6 Å². The van der Waals surface area contributed by atoms with Crippen molar-refractivity contribution < 1.29 is 38.2 Å². The number of aliphatic carboxylic acids is 1. The smallest absolute Gasteiger partial charge is 0.362 e. The molecular formula is C55H100NO7+. The van der Waals surface area contributed by atoms with Gasteiger partial charge in [0.05, 0.1) is 34.4 Å². The van der Waals surface area contributed by atoms with Crippen LogP contribution >= 0.6 is 0 Å². The normalized spacial score (nSPS) is 13.2. The zero-order valence-electron chi connectivity index (χ0n) is 41.8. The maximum Gasteiger partial charge on any atom is 0.362 e. The van der Waals surface area contributed by atoms with Crippen LogP contribution in [0.2, 0.25) is 0 Å². The quantitative estimate of drug-likeness (QED) is 0.0281. The Balaban J connectivity index is 4.27. The number of likely N-dealkylation sites (N-methyl/N-ethyl adjacent to an activating group) is 1. The number of carboxylic acid groups (broad SMARTS) is 1. The number of nitrogens with zero attached hydrogens (tertiary/aromatic N) is 1. The van der Waals surface area contributed by atoms with Gasteiger partial charge in [0.1, 0.15) is 6.61 Å². The molecule has 0 spiro atoms. The molecule has 0 aromatic carbocycles. The number of carboxylic acids is 1. The number of rotatable bonds is 47. The molecule has 0 fully saturated rings. The number of esters is 2. The number of hydrogen-bond acceptors (Lipinski definition) is 6. The molecule has 366 valence electrons. The summed E-state index contributed by atoms with van der Waals surface area (Å²) < 4.78 is 17.4. The summed E-state index contributed by atoms with van der Waals surface area (Å²) in [4.78, 5) is 37.2. The van der Waals surface area contributed by atoms with Gasteiger partial charge < -0.3 is 23.8 Å². The summed E-state index contributed by atoms with van der Waals surface area (Å²) in [6.45, 7) is 4.72. The second-order valence-electron chi connectivity index (χ2n) is 18.8. The topological polar surface area (TPSA) is 99.1 Å². The highest BCUT2D eigenvalue weighted by Gasteiger charge is 2.31. The van der Waals surface area contributed by atoms with Crippen molar-refractivity contribution in [2.75, 3.05) is 41.0 Å². The van der Waals surface area contributed by atoms with Gasteiger partial charge in [0.2, 0.25) is 0 Å². The van der Waals surface area contributed by atoms with Gasteiger partial charge in [0.15, 0.2) is 12.1 Å². The molecule has 0 aromatic rings. The molecule has 2 atom stereocenters. The van der Waals surface area contributed by atoms with Gasteiger partial charge in [-0.25, -0.2) is 4.79 Å². The highest BCUT2D eigenvalue weighted by molar-refractivity contribution is 5.72. The predicted molar refractivity (Wildman–Crippen MR) is 266 cm³/mol. The third-order valence-corrected chi connectivity index (χ3v) is 11.7. The van der Waals surface area contributed by atoms with E-state index in [9.17, 15) is 19.5 Å². The standard InChI is InChI=1S/C55H99NO7/c1-6-8-10-12-14-16-18-20-22-24-26-27-28-30-32-34-36-38-40-42-44-46-54(58)63-51(49-61-48-47-52(55(59)60)56(3,4)5)50-62-53(57)45-43-41-39-37-35-33-31-29-25-23-21-19-17-15-13-11-9-7-2/h14,16,20,22,26-27,30,32,51-52H,6-13,15,17-19,21,23-25,28-29,31,33-50H2,1-5H3/p+1/b16-14+,22-20+,27-26+,32-30+. The van der Waals surface area contributed by atoms with Crippen molar-refractivity contribution in [3.05, 3.63) is 48.6 Å². The summed E-state index contributed by atoms with van der Waals surface area (Å²) in [5.74, 6) is -1.48. The minimum atomic E-state index is -0.877. The highest BCUT2D eigenvalue weighted by Crippen LogP contribution is 2.16. The van der Waals surface area contributed by atoms with E-state index in [0.717, 1.165) is 77.0 Å². The predicted octanol–water partition coefficient (Wildman–Crippen LogP) is 15.1.